The molecule has 22 heavy (non-hydrogen) atoms. The van der Waals surface area contributed by atoms with Crippen LogP contribution in [0.15, 0.2) is 30.3 Å². The van der Waals surface area contributed by atoms with E-state index in [1.807, 2.05) is 13.0 Å². The minimum absolute atomic E-state index is 0.110. The van der Waals surface area contributed by atoms with Gasteiger partial charge in [0, 0.05) is 25.7 Å². The highest BCUT2D eigenvalue weighted by molar-refractivity contribution is 5.71. The van der Waals surface area contributed by atoms with Crippen LogP contribution in [-0.2, 0) is 16.1 Å². The van der Waals surface area contributed by atoms with Crippen LogP contribution in [0.1, 0.15) is 32.3 Å². The SMILES string of the molecule is CCOC(=O)CN1CC(CC)CC(NCc2ccccc2)C1. The molecule has 1 fully saturated rings. The largest absolute Gasteiger partial charge is 0.465 e. The summed E-state index contributed by atoms with van der Waals surface area (Å²) >= 11 is 0. The molecule has 1 aromatic rings. The Morgan fingerprint density at radius 2 is 2.05 bits per heavy atom. The normalized spacial score (nSPS) is 22.5. The van der Waals surface area contributed by atoms with Gasteiger partial charge in [0.25, 0.3) is 0 Å². The van der Waals surface area contributed by atoms with Crippen molar-refractivity contribution < 1.29 is 9.53 Å². The number of benzene rings is 1. The Morgan fingerprint density at radius 3 is 2.73 bits per heavy atom. The number of hydrogen-bond donors (Lipinski definition) is 1. The number of carbonyl (C=O) groups excluding carboxylic acids is 1. The molecule has 2 rings (SSSR count). The Kier molecular flexibility index (Phi) is 6.87. The molecule has 1 N–H and O–H groups in total. The number of rotatable bonds is 7. The maximum Gasteiger partial charge on any atom is 0.320 e. The van der Waals surface area contributed by atoms with Crippen LogP contribution in [0.2, 0.25) is 0 Å². The van der Waals surface area contributed by atoms with Gasteiger partial charge >= 0.3 is 5.97 Å². The molecule has 0 aliphatic carbocycles. The van der Waals surface area contributed by atoms with Crippen LogP contribution in [0.5, 0.6) is 0 Å². The topological polar surface area (TPSA) is 41.6 Å². The first-order valence-electron chi connectivity index (χ1n) is 8.36. The van der Waals surface area contributed by atoms with Crippen LogP contribution in [0.4, 0.5) is 0 Å². The maximum absolute atomic E-state index is 11.7. The first kappa shape index (κ1) is 17.0. The summed E-state index contributed by atoms with van der Waals surface area (Å²) in [6, 6.07) is 10.9. The fraction of sp³-hybridized carbons (Fsp3) is 0.611. The van der Waals surface area contributed by atoms with Gasteiger partial charge in [0.2, 0.25) is 0 Å². The highest BCUT2D eigenvalue weighted by Crippen LogP contribution is 2.20. The predicted octanol–water partition coefficient (Wildman–Crippen LogP) is 2.44. The van der Waals surface area contributed by atoms with Crippen molar-refractivity contribution in [1.82, 2.24) is 10.2 Å². The summed E-state index contributed by atoms with van der Waals surface area (Å²) < 4.78 is 5.08. The van der Waals surface area contributed by atoms with Crippen LogP contribution < -0.4 is 5.32 Å². The van der Waals surface area contributed by atoms with Crippen molar-refractivity contribution in [2.24, 2.45) is 5.92 Å². The van der Waals surface area contributed by atoms with Gasteiger partial charge in [-0.3, -0.25) is 9.69 Å². The first-order valence-corrected chi connectivity index (χ1v) is 8.36. The maximum atomic E-state index is 11.7. The lowest BCUT2D eigenvalue weighted by molar-refractivity contribution is -0.145. The standard InChI is InChI=1S/C18H28N2O2/c1-3-15-10-17(19-11-16-8-6-5-7-9-16)13-20(12-15)14-18(21)22-4-2/h5-9,15,17,19H,3-4,10-14H2,1-2H3. The van der Waals surface area contributed by atoms with Crippen LogP contribution in [-0.4, -0.2) is 43.2 Å². The van der Waals surface area contributed by atoms with Gasteiger partial charge in [-0.05, 0) is 24.8 Å². The molecular weight excluding hydrogens is 276 g/mol. The van der Waals surface area contributed by atoms with E-state index >= 15 is 0 Å². The molecule has 0 bridgehead atoms. The molecule has 0 radical (unpaired) electrons. The Bertz CT molecular complexity index is 450. The summed E-state index contributed by atoms with van der Waals surface area (Å²) in [5.74, 6) is 0.539. The number of likely N-dealkylation sites (tertiary alicyclic amines) is 1. The molecule has 122 valence electrons. The minimum atomic E-state index is -0.110. The molecule has 1 aliphatic heterocycles. The van der Waals surface area contributed by atoms with Crippen molar-refractivity contribution in [3.63, 3.8) is 0 Å². The van der Waals surface area contributed by atoms with Crippen LogP contribution >= 0.6 is 0 Å². The highest BCUT2D eigenvalue weighted by atomic mass is 16.5. The number of ether oxygens (including phenoxy) is 1. The molecule has 2 unspecified atom stereocenters. The minimum Gasteiger partial charge on any atom is -0.465 e. The van der Waals surface area contributed by atoms with E-state index in [1.54, 1.807) is 0 Å². The van der Waals surface area contributed by atoms with Crippen molar-refractivity contribution >= 4 is 5.97 Å². The van der Waals surface area contributed by atoms with Gasteiger partial charge in [-0.2, -0.15) is 0 Å². The summed E-state index contributed by atoms with van der Waals surface area (Å²) in [6.07, 6.45) is 2.34. The molecule has 0 spiro atoms. The van der Waals surface area contributed by atoms with Crippen LogP contribution in [0, 0.1) is 5.92 Å². The molecular formula is C18H28N2O2. The summed E-state index contributed by atoms with van der Waals surface area (Å²) in [6.45, 7) is 7.75. The predicted molar refractivity (Wildman–Crippen MR) is 88.5 cm³/mol. The Balaban J connectivity index is 1.85. The number of piperidine rings is 1. The lowest BCUT2D eigenvalue weighted by Gasteiger charge is -2.37. The third-order valence-corrected chi connectivity index (χ3v) is 4.29. The number of esters is 1. The molecule has 0 amide bonds. The molecule has 4 heteroatoms. The third-order valence-electron chi connectivity index (χ3n) is 4.29. The zero-order chi connectivity index (χ0) is 15.8. The second-order valence-electron chi connectivity index (χ2n) is 6.07. The molecule has 1 aliphatic rings. The summed E-state index contributed by atoms with van der Waals surface area (Å²) in [5, 5.41) is 3.64. The Hall–Kier alpha value is -1.39. The fourth-order valence-corrected chi connectivity index (χ4v) is 3.12. The number of nitrogens with one attached hydrogen (secondary N) is 1. The second kappa shape index (κ2) is 8.91. The van der Waals surface area contributed by atoms with E-state index in [2.05, 4.69) is 41.4 Å². The van der Waals surface area contributed by atoms with Gasteiger partial charge < -0.3 is 10.1 Å². The van der Waals surface area contributed by atoms with Crippen molar-refractivity contribution in [3.8, 4) is 0 Å². The van der Waals surface area contributed by atoms with Crippen molar-refractivity contribution in [2.75, 3.05) is 26.2 Å². The van der Waals surface area contributed by atoms with Gasteiger partial charge in [0.05, 0.1) is 13.2 Å². The lowest BCUT2D eigenvalue weighted by Crippen LogP contribution is -2.50. The molecule has 0 aromatic heterocycles. The molecule has 1 heterocycles. The molecule has 4 nitrogen and oxygen atoms in total. The van der Waals surface area contributed by atoms with E-state index in [4.69, 9.17) is 4.74 Å². The zero-order valence-electron chi connectivity index (χ0n) is 13.8. The van der Waals surface area contributed by atoms with E-state index in [0.717, 1.165) is 26.1 Å². The number of nitrogens with zero attached hydrogens (tertiary/aromatic N) is 1. The summed E-state index contributed by atoms with van der Waals surface area (Å²) in [4.78, 5) is 13.9. The van der Waals surface area contributed by atoms with E-state index < -0.39 is 0 Å². The summed E-state index contributed by atoms with van der Waals surface area (Å²) in [5.41, 5.74) is 1.30. The van der Waals surface area contributed by atoms with Gasteiger partial charge in [0.15, 0.2) is 0 Å². The third kappa shape index (κ3) is 5.43. The number of carbonyl (C=O) groups is 1. The summed E-state index contributed by atoms with van der Waals surface area (Å²) in [7, 11) is 0. The number of hydrogen-bond acceptors (Lipinski definition) is 4. The lowest BCUT2D eigenvalue weighted by atomic mass is 9.92. The van der Waals surface area contributed by atoms with Gasteiger partial charge in [-0.15, -0.1) is 0 Å². The first-order chi connectivity index (χ1) is 10.7. The van der Waals surface area contributed by atoms with Crippen molar-refractivity contribution in [2.45, 2.75) is 39.3 Å². The van der Waals surface area contributed by atoms with Gasteiger partial charge in [0.1, 0.15) is 0 Å². The van der Waals surface area contributed by atoms with Gasteiger partial charge in [-0.25, -0.2) is 0 Å². The quantitative estimate of drug-likeness (QED) is 0.786. The van der Waals surface area contributed by atoms with E-state index in [-0.39, 0.29) is 5.97 Å². The molecule has 1 saturated heterocycles. The second-order valence-corrected chi connectivity index (χ2v) is 6.07. The Morgan fingerprint density at radius 1 is 1.27 bits per heavy atom. The van der Waals surface area contributed by atoms with E-state index in [9.17, 15) is 4.79 Å². The average Bonchev–Trinajstić information content (AvgIpc) is 2.54. The molecule has 2 atom stereocenters. The smallest absolute Gasteiger partial charge is 0.320 e. The monoisotopic (exact) mass is 304 g/mol. The van der Waals surface area contributed by atoms with E-state index in [1.165, 1.54) is 12.0 Å². The average molecular weight is 304 g/mol. The van der Waals surface area contributed by atoms with Gasteiger partial charge in [-0.1, -0.05) is 43.7 Å². The van der Waals surface area contributed by atoms with Crippen molar-refractivity contribution in [1.29, 1.82) is 0 Å². The highest BCUT2D eigenvalue weighted by Gasteiger charge is 2.27. The van der Waals surface area contributed by atoms with E-state index in [0.29, 0.717) is 25.1 Å². The Labute approximate surface area is 133 Å². The van der Waals surface area contributed by atoms with Crippen LogP contribution in [0.3, 0.4) is 0 Å². The van der Waals surface area contributed by atoms with Crippen LogP contribution in [0.25, 0.3) is 0 Å². The molecule has 0 saturated carbocycles. The van der Waals surface area contributed by atoms with Crippen molar-refractivity contribution in [3.05, 3.63) is 35.9 Å². The zero-order valence-corrected chi connectivity index (χ0v) is 13.8. The molecule has 1 aromatic carbocycles. The fourth-order valence-electron chi connectivity index (χ4n) is 3.12.